The highest BCUT2D eigenvalue weighted by Gasteiger charge is 2.37. The topological polar surface area (TPSA) is 66.4 Å². The largest absolute Gasteiger partial charge is 0.394 e. The summed E-state index contributed by atoms with van der Waals surface area (Å²) >= 11 is 6.74. The van der Waals surface area contributed by atoms with Crippen molar-refractivity contribution in [1.29, 1.82) is 0 Å². The summed E-state index contributed by atoms with van der Waals surface area (Å²) in [5, 5.41) is 9.59. The van der Waals surface area contributed by atoms with Gasteiger partial charge in [0.2, 0.25) is 0 Å². The number of nitrogens with one attached hydrogen (secondary N) is 1. The number of hydrogen-bond donors (Lipinski definition) is 2. The van der Waals surface area contributed by atoms with Gasteiger partial charge in [0, 0.05) is 0 Å². The van der Waals surface area contributed by atoms with Crippen molar-refractivity contribution in [2.24, 2.45) is 5.92 Å². The molecule has 4 nitrogen and oxygen atoms in total. The first kappa shape index (κ1) is 14.7. The van der Waals surface area contributed by atoms with Crippen molar-refractivity contribution in [2.75, 3.05) is 6.61 Å². The summed E-state index contributed by atoms with van der Waals surface area (Å²) in [7, 11) is -3.70. The minimum atomic E-state index is -3.70. The predicted octanol–water partition coefficient (Wildman–Crippen LogP) is 2.17. The molecular weight excluding hydrogens is 306 g/mol. The van der Waals surface area contributed by atoms with E-state index in [9.17, 15) is 13.5 Å². The molecule has 1 aromatic heterocycles. The van der Waals surface area contributed by atoms with Crippen LogP contribution in [0.5, 0.6) is 0 Å². The van der Waals surface area contributed by atoms with Crippen molar-refractivity contribution in [1.82, 2.24) is 4.72 Å². The van der Waals surface area contributed by atoms with Crippen LogP contribution in [0.25, 0.3) is 0 Å². The molecule has 0 aliphatic heterocycles. The molecule has 0 aromatic carbocycles. The Hall–Kier alpha value is -0.660. The first-order chi connectivity index (χ1) is 8.89. The van der Waals surface area contributed by atoms with E-state index in [1.54, 1.807) is 12.2 Å². The van der Waals surface area contributed by atoms with Crippen LogP contribution < -0.4 is 4.72 Å². The van der Waals surface area contributed by atoms with Crippen LogP contribution in [0.2, 0.25) is 4.34 Å². The van der Waals surface area contributed by atoms with Gasteiger partial charge < -0.3 is 5.11 Å². The van der Waals surface area contributed by atoms with E-state index in [4.69, 9.17) is 11.6 Å². The van der Waals surface area contributed by atoms with Gasteiger partial charge in [-0.15, -0.1) is 11.3 Å². The Bertz CT molecular complexity index is 621. The molecule has 0 radical (unpaired) electrons. The van der Waals surface area contributed by atoms with E-state index >= 15 is 0 Å². The molecule has 0 amide bonds. The molecule has 2 unspecified atom stereocenters. The maximum Gasteiger partial charge on any atom is 0.250 e. The molecule has 1 aromatic rings. The molecule has 0 saturated carbocycles. The molecule has 19 heavy (non-hydrogen) atoms. The van der Waals surface area contributed by atoms with Gasteiger partial charge in [-0.05, 0) is 18.1 Å². The van der Waals surface area contributed by atoms with E-state index in [1.165, 1.54) is 12.1 Å². The number of rotatable bonds is 4. The van der Waals surface area contributed by atoms with Crippen LogP contribution in [0.1, 0.15) is 6.92 Å². The predicted molar refractivity (Wildman–Crippen MR) is 76.9 cm³/mol. The van der Waals surface area contributed by atoms with Crippen molar-refractivity contribution in [3.8, 4) is 0 Å². The zero-order valence-electron chi connectivity index (χ0n) is 10.2. The normalized spacial score (nSPS) is 26.8. The SMILES string of the molecule is CC1C=CC=CC1(CO)NS(=O)(=O)c1ccc(Cl)s1. The fourth-order valence-corrected chi connectivity index (χ4v) is 4.79. The molecule has 1 aliphatic rings. The maximum absolute atomic E-state index is 12.3. The Kier molecular flexibility index (Phi) is 4.17. The first-order valence-corrected chi connectivity index (χ1v) is 8.33. The second-order valence-corrected chi connectivity index (χ2v) is 8.02. The molecule has 1 heterocycles. The summed E-state index contributed by atoms with van der Waals surface area (Å²) in [6, 6.07) is 2.99. The van der Waals surface area contributed by atoms with E-state index < -0.39 is 15.6 Å². The lowest BCUT2D eigenvalue weighted by atomic mass is 9.83. The Morgan fingerprint density at radius 2 is 2.21 bits per heavy atom. The number of hydrogen-bond acceptors (Lipinski definition) is 4. The van der Waals surface area contributed by atoms with Gasteiger partial charge in [0.15, 0.2) is 0 Å². The fraction of sp³-hybridized carbons (Fsp3) is 0.333. The summed E-state index contributed by atoms with van der Waals surface area (Å²) in [5.74, 6) is -0.146. The van der Waals surface area contributed by atoms with E-state index in [1.807, 2.05) is 19.1 Å². The highest BCUT2D eigenvalue weighted by Crippen LogP contribution is 2.30. The van der Waals surface area contributed by atoms with Crippen molar-refractivity contribution in [3.63, 3.8) is 0 Å². The quantitative estimate of drug-likeness (QED) is 0.894. The second-order valence-electron chi connectivity index (χ2n) is 4.40. The van der Waals surface area contributed by atoms with Crippen LogP contribution in [0.15, 0.2) is 40.6 Å². The molecule has 104 valence electrons. The van der Waals surface area contributed by atoms with E-state index in [0.717, 1.165) is 11.3 Å². The van der Waals surface area contributed by atoms with Crippen LogP contribution >= 0.6 is 22.9 Å². The average Bonchev–Trinajstić information content (AvgIpc) is 2.80. The standard InChI is InChI=1S/C12H14ClNO3S2/c1-9-4-2-3-7-12(9,8-15)14-19(16,17)11-6-5-10(13)18-11/h2-7,9,14-15H,8H2,1H3. The lowest BCUT2D eigenvalue weighted by molar-refractivity contribution is 0.186. The lowest BCUT2D eigenvalue weighted by Crippen LogP contribution is -2.54. The molecule has 2 rings (SSSR count). The van der Waals surface area contributed by atoms with Crippen LogP contribution in [-0.2, 0) is 10.0 Å². The number of allylic oxidation sites excluding steroid dienone is 2. The minimum Gasteiger partial charge on any atom is -0.394 e. The second kappa shape index (κ2) is 5.38. The zero-order chi connectivity index (χ0) is 14.1. The number of aliphatic hydroxyl groups is 1. The van der Waals surface area contributed by atoms with Crippen molar-refractivity contribution < 1.29 is 13.5 Å². The van der Waals surface area contributed by atoms with Gasteiger partial charge in [0.25, 0.3) is 10.0 Å². The highest BCUT2D eigenvalue weighted by molar-refractivity contribution is 7.91. The summed E-state index contributed by atoms with van der Waals surface area (Å²) in [6.45, 7) is 1.54. The smallest absolute Gasteiger partial charge is 0.250 e. The highest BCUT2D eigenvalue weighted by atomic mass is 35.5. The molecule has 7 heteroatoms. The third-order valence-electron chi connectivity index (χ3n) is 3.12. The number of halogens is 1. The Morgan fingerprint density at radius 1 is 1.47 bits per heavy atom. The lowest BCUT2D eigenvalue weighted by Gasteiger charge is -2.35. The molecule has 1 aliphatic carbocycles. The fourth-order valence-electron chi connectivity index (χ4n) is 1.88. The number of sulfonamides is 1. The van der Waals surface area contributed by atoms with Crippen LogP contribution in [-0.4, -0.2) is 25.7 Å². The third kappa shape index (κ3) is 2.93. The van der Waals surface area contributed by atoms with E-state index in [-0.39, 0.29) is 16.7 Å². The molecule has 0 bridgehead atoms. The number of aliphatic hydroxyl groups excluding tert-OH is 1. The van der Waals surface area contributed by atoms with Gasteiger partial charge in [-0.3, -0.25) is 0 Å². The summed E-state index contributed by atoms with van der Waals surface area (Å²) in [4.78, 5) is 0. The van der Waals surface area contributed by atoms with Gasteiger partial charge >= 0.3 is 0 Å². The molecule has 2 atom stereocenters. The van der Waals surface area contributed by atoms with Crippen LogP contribution in [0.4, 0.5) is 0 Å². The first-order valence-electron chi connectivity index (χ1n) is 5.66. The molecular formula is C12H14ClNO3S2. The van der Waals surface area contributed by atoms with Gasteiger partial charge in [0.05, 0.1) is 16.5 Å². The van der Waals surface area contributed by atoms with Crippen molar-refractivity contribution in [2.45, 2.75) is 16.7 Å². The minimum absolute atomic E-state index is 0.139. The summed E-state index contributed by atoms with van der Waals surface area (Å²) in [6.07, 6.45) is 7.07. The third-order valence-corrected chi connectivity index (χ3v) is 6.37. The van der Waals surface area contributed by atoms with Gasteiger partial charge in [0.1, 0.15) is 4.21 Å². The van der Waals surface area contributed by atoms with Crippen molar-refractivity contribution in [3.05, 3.63) is 40.8 Å². The summed E-state index contributed by atoms with van der Waals surface area (Å²) < 4.78 is 27.7. The molecule has 0 saturated heterocycles. The maximum atomic E-state index is 12.3. The van der Waals surface area contributed by atoms with E-state index in [2.05, 4.69) is 4.72 Å². The molecule has 0 spiro atoms. The van der Waals surface area contributed by atoms with Gasteiger partial charge in [-0.25, -0.2) is 8.42 Å². The zero-order valence-corrected chi connectivity index (χ0v) is 12.6. The Morgan fingerprint density at radius 3 is 2.74 bits per heavy atom. The van der Waals surface area contributed by atoms with E-state index in [0.29, 0.717) is 4.34 Å². The monoisotopic (exact) mass is 319 g/mol. The van der Waals surface area contributed by atoms with Crippen molar-refractivity contribution >= 4 is 33.0 Å². The molecule has 2 N–H and O–H groups in total. The Labute approximate surface area is 121 Å². The summed E-state index contributed by atoms with van der Waals surface area (Å²) in [5.41, 5.74) is -1.01. The van der Waals surface area contributed by atoms with Crippen LogP contribution in [0, 0.1) is 5.92 Å². The molecule has 0 fully saturated rings. The Balaban J connectivity index is 2.33. The number of thiophene rings is 1. The van der Waals surface area contributed by atoms with Crippen LogP contribution in [0.3, 0.4) is 0 Å². The van der Waals surface area contributed by atoms with Gasteiger partial charge in [-0.1, -0.05) is 42.8 Å². The average molecular weight is 320 g/mol. The van der Waals surface area contributed by atoms with Gasteiger partial charge in [-0.2, -0.15) is 4.72 Å².